The van der Waals surface area contributed by atoms with Crippen molar-refractivity contribution in [3.8, 4) is 5.75 Å². The van der Waals surface area contributed by atoms with Crippen LogP contribution in [-0.2, 0) is 16.1 Å². The number of cyclic esters (lactones) is 1. The van der Waals surface area contributed by atoms with Gasteiger partial charge in [-0.05, 0) is 38.5 Å². The molecule has 1 aliphatic rings. The Labute approximate surface area is 122 Å². The van der Waals surface area contributed by atoms with E-state index >= 15 is 0 Å². The molecule has 2 rings (SSSR count). The zero-order valence-electron chi connectivity index (χ0n) is 12.3. The zero-order valence-corrected chi connectivity index (χ0v) is 12.3. The highest BCUT2D eigenvalue weighted by atomic mass is 19.1. The fourth-order valence-corrected chi connectivity index (χ4v) is 1.92. The fourth-order valence-electron chi connectivity index (χ4n) is 1.92. The number of halogens is 2. The molecule has 0 aliphatic carbocycles. The van der Waals surface area contributed by atoms with E-state index in [-0.39, 0.29) is 12.1 Å². The van der Waals surface area contributed by atoms with Crippen molar-refractivity contribution in [2.75, 3.05) is 6.61 Å². The minimum Gasteiger partial charge on any atom is -0.472 e. The Hall–Kier alpha value is -1.69. The Bertz CT molecular complexity index is 517. The van der Waals surface area contributed by atoms with Gasteiger partial charge in [-0.3, -0.25) is 0 Å². The van der Waals surface area contributed by atoms with E-state index in [0.717, 1.165) is 0 Å². The van der Waals surface area contributed by atoms with Gasteiger partial charge in [0.25, 0.3) is 0 Å². The molecule has 0 spiro atoms. The number of ether oxygens (including phenoxy) is 2. The van der Waals surface area contributed by atoms with E-state index in [0.29, 0.717) is 18.5 Å². The molecule has 6 heteroatoms. The summed E-state index contributed by atoms with van der Waals surface area (Å²) in [7, 11) is 0. The number of hydrogen-bond acceptors (Lipinski definition) is 4. The summed E-state index contributed by atoms with van der Waals surface area (Å²) in [6.45, 7) is 6.43. The lowest BCUT2D eigenvalue weighted by molar-refractivity contribution is -0.143. The van der Waals surface area contributed by atoms with Crippen molar-refractivity contribution < 1.29 is 23.0 Å². The number of hydrogen-bond donors (Lipinski definition) is 1. The second kappa shape index (κ2) is 5.97. The number of benzene rings is 1. The molecule has 0 saturated carbocycles. The van der Waals surface area contributed by atoms with Crippen LogP contribution in [0.2, 0.25) is 0 Å². The van der Waals surface area contributed by atoms with Gasteiger partial charge in [-0.1, -0.05) is 0 Å². The quantitative estimate of drug-likeness (QED) is 0.868. The lowest BCUT2D eigenvalue weighted by Gasteiger charge is -2.21. The maximum Gasteiger partial charge on any atom is 0.347 e. The molecular formula is C15H19F2NO3. The van der Waals surface area contributed by atoms with Crippen LogP contribution < -0.4 is 10.1 Å². The van der Waals surface area contributed by atoms with Crippen LogP contribution in [0.15, 0.2) is 12.1 Å². The molecule has 1 fully saturated rings. The van der Waals surface area contributed by atoms with E-state index in [1.165, 1.54) is 12.1 Å². The van der Waals surface area contributed by atoms with Crippen molar-refractivity contribution in [3.05, 3.63) is 29.3 Å². The first kappa shape index (κ1) is 15.7. The van der Waals surface area contributed by atoms with E-state index in [9.17, 15) is 13.6 Å². The van der Waals surface area contributed by atoms with Gasteiger partial charge in [-0.25, -0.2) is 13.6 Å². The highest BCUT2D eigenvalue weighted by molar-refractivity contribution is 5.76. The average molecular weight is 299 g/mol. The fraction of sp³-hybridized carbons (Fsp3) is 0.533. The van der Waals surface area contributed by atoms with Gasteiger partial charge in [0.05, 0.1) is 6.61 Å². The van der Waals surface area contributed by atoms with Crippen LogP contribution in [-0.4, -0.2) is 24.2 Å². The lowest BCUT2D eigenvalue weighted by atomic mass is 10.1. The Morgan fingerprint density at radius 1 is 1.33 bits per heavy atom. The summed E-state index contributed by atoms with van der Waals surface area (Å²) >= 11 is 0. The Balaban J connectivity index is 2.11. The molecule has 0 bridgehead atoms. The van der Waals surface area contributed by atoms with E-state index < -0.39 is 29.5 Å². The standard InChI is InChI=1S/C15H19F2NO3/c1-15(2,3)18-8-9-6-10(16)13(11(17)7-9)21-12-4-5-20-14(12)19/h6-7,12,18H,4-5,8H2,1-3H3. The first-order chi connectivity index (χ1) is 9.76. The van der Waals surface area contributed by atoms with E-state index in [4.69, 9.17) is 9.47 Å². The number of rotatable bonds is 4. The molecule has 1 saturated heterocycles. The van der Waals surface area contributed by atoms with E-state index in [1.54, 1.807) is 0 Å². The highest BCUT2D eigenvalue weighted by Gasteiger charge is 2.30. The monoisotopic (exact) mass is 299 g/mol. The van der Waals surface area contributed by atoms with Crippen LogP contribution in [0.4, 0.5) is 8.78 Å². The van der Waals surface area contributed by atoms with Gasteiger partial charge in [0.2, 0.25) is 0 Å². The molecular weight excluding hydrogens is 280 g/mol. The molecule has 0 aromatic heterocycles. The van der Waals surface area contributed by atoms with Crippen molar-refractivity contribution in [1.82, 2.24) is 5.32 Å². The molecule has 21 heavy (non-hydrogen) atoms. The maximum atomic E-state index is 14.0. The summed E-state index contributed by atoms with van der Waals surface area (Å²) in [5.74, 6) is -2.76. The molecule has 0 radical (unpaired) electrons. The van der Waals surface area contributed by atoms with Gasteiger partial charge >= 0.3 is 5.97 Å². The van der Waals surface area contributed by atoms with Crippen LogP contribution >= 0.6 is 0 Å². The third-order valence-electron chi connectivity index (χ3n) is 3.03. The zero-order chi connectivity index (χ0) is 15.6. The smallest absolute Gasteiger partial charge is 0.347 e. The Morgan fingerprint density at radius 3 is 2.43 bits per heavy atom. The molecule has 116 valence electrons. The molecule has 0 amide bonds. The second-order valence-corrected chi connectivity index (χ2v) is 6.05. The first-order valence-electron chi connectivity index (χ1n) is 6.82. The summed E-state index contributed by atoms with van der Waals surface area (Å²) in [4.78, 5) is 11.3. The number of esters is 1. The SMILES string of the molecule is CC(C)(C)NCc1cc(F)c(OC2CCOC2=O)c(F)c1. The van der Waals surface area contributed by atoms with Crippen LogP contribution in [0, 0.1) is 11.6 Å². The van der Waals surface area contributed by atoms with Crippen molar-refractivity contribution >= 4 is 5.97 Å². The summed E-state index contributed by atoms with van der Waals surface area (Å²) in [5.41, 5.74) is 0.316. The molecule has 1 atom stereocenters. The van der Waals surface area contributed by atoms with Gasteiger partial charge < -0.3 is 14.8 Å². The van der Waals surface area contributed by atoms with Gasteiger partial charge in [0.1, 0.15) is 0 Å². The predicted octanol–water partition coefficient (Wildman–Crippen LogP) is 2.55. The molecule has 1 heterocycles. The number of carbonyl (C=O) groups is 1. The molecule has 1 unspecified atom stereocenters. The second-order valence-electron chi connectivity index (χ2n) is 6.05. The minimum atomic E-state index is -0.937. The normalized spacial score (nSPS) is 18.7. The van der Waals surface area contributed by atoms with Crippen LogP contribution in [0.25, 0.3) is 0 Å². The van der Waals surface area contributed by atoms with Gasteiger partial charge in [-0.15, -0.1) is 0 Å². The summed E-state index contributed by atoms with van der Waals surface area (Å²) in [6.07, 6.45) is -0.641. The van der Waals surface area contributed by atoms with Gasteiger partial charge in [-0.2, -0.15) is 0 Å². The van der Waals surface area contributed by atoms with Crippen LogP contribution in [0.1, 0.15) is 32.8 Å². The highest BCUT2D eigenvalue weighted by Crippen LogP contribution is 2.26. The third kappa shape index (κ3) is 4.14. The summed E-state index contributed by atoms with van der Waals surface area (Å²) in [5, 5.41) is 3.14. The molecule has 1 N–H and O–H groups in total. The lowest BCUT2D eigenvalue weighted by Crippen LogP contribution is -2.35. The Morgan fingerprint density at radius 2 is 1.95 bits per heavy atom. The van der Waals surface area contributed by atoms with Crippen LogP contribution in [0.3, 0.4) is 0 Å². The topological polar surface area (TPSA) is 47.6 Å². The van der Waals surface area contributed by atoms with Crippen molar-refractivity contribution in [2.45, 2.75) is 45.4 Å². The van der Waals surface area contributed by atoms with E-state index in [2.05, 4.69) is 5.32 Å². The van der Waals surface area contributed by atoms with Crippen molar-refractivity contribution in [3.63, 3.8) is 0 Å². The van der Waals surface area contributed by atoms with Crippen molar-refractivity contribution in [2.24, 2.45) is 0 Å². The molecule has 4 nitrogen and oxygen atoms in total. The van der Waals surface area contributed by atoms with Crippen molar-refractivity contribution in [1.29, 1.82) is 0 Å². The number of carbonyl (C=O) groups excluding carboxylic acids is 1. The summed E-state index contributed by atoms with van der Waals surface area (Å²) in [6, 6.07) is 2.41. The largest absolute Gasteiger partial charge is 0.472 e. The number of nitrogens with one attached hydrogen (secondary N) is 1. The molecule has 1 aliphatic heterocycles. The maximum absolute atomic E-state index is 14.0. The van der Waals surface area contributed by atoms with E-state index in [1.807, 2.05) is 20.8 Å². The van der Waals surface area contributed by atoms with Crippen LogP contribution in [0.5, 0.6) is 5.75 Å². The summed E-state index contributed by atoms with van der Waals surface area (Å²) < 4.78 is 37.7. The third-order valence-corrected chi connectivity index (χ3v) is 3.03. The first-order valence-corrected chi connectivity index (χ1v) is 6.82. The molecule has 1 aromatic rings. The average Bonchev–Trinajstić information content (AvgIpc) is 2.76. The molecule has 1 aromatic carbocycles. The van der Waals surface area contributed by atoms with Gasteiger partial charge in [0.15, 0.2) is 23.5 Å². The minimum absolute atomic E-state index is 0.157. The Kier molecular flexibility index (Phi) is 4.46. The van der Waals surface area contributed by atoms with Gasteiger partial charge in [0, 0.05) is 18.5 Å². The predicted molar refractivity (Wildman–Crippen MR) is 72.9 cm³/mol.